The Morgan fingerprint density at radius 3 is 2.39 bits per heavy atom. The Labute approximate surface area is 210 Å². The summed E-state index contributed by atoms with van der Waals surface area (Å²) in [6.45, 7) is 19.0. The molecule has 0 radical (unpaired) electrons. The number of likely N-dealkylation sites (tertiary alicyclic amines) is 1. The number of halogens is 1. The number of hydrogen-bond acceptors (Lipinski definition) is 5. The summed E-state index contributed by atoms with van der Waals surface area (Å²) in [5.74, 6) is 1.53. The lowest BCUT2D eigenvalue weighted by molar-refractivity contribution is 0.125. The molecule has 0 bridgehead atoms. The number of hydrogen-bond donors (Lipinski definition) is 2. The first-order chi connectivity index (χ1) is 14.7. The van der Waals surface area contributed by atoms with Gasteiger partial charge < -0.3 is 20.4 Å². The van der Waals surface area contributed by atoms with E-state index in [1.54, 1.807) is 0 Å². The van der Waals surface area contributed by atoms with Crippen molar-refractivity contribution in [3.8, 4) is 0 Å². The summed E-state index contributed by atoms with van der Waals surface area (Å²) >= 11 is 1.87. The molecular weight excluding hydrogens is 519 g/mol. The Bertz CT molecular complexity index is 612. The van der Waals surface area contributed by atoms with Crippen molar-refractivity contribution in [1.82, 2.24) is 25.3 Å². The predicted octanol–water partition coefficient (Wildman–Crippen LogP) is 3.33. The molecule has 0 aromatic carbocycles. The van der Waals surface area contributed by atoms with E-state index in [0.717, 1.165) is 32.1 Å². The highest BCUT2D eigenvalue weighted by atomic mass is 127. The van der Waals surface area contributed by atoms with Crippen molar-refractivity contribution in [1.29, 1.82) is 0 Å². The van der Waals surface area contributed by atoms with Crippen molar-refractivity contribution >= 4 is 41.3 Å². The van der Waals surface area contributed by atoms with Crippen LogP contribution < -0.4 is 10.6 Å². The fourth-order valence-electron chi connectivity index (χ4n) is 4.51. The molecule has 178 valence electrons. The molecular formula is C23H43IN6S. The van der Waals surface area contributed by atoms with Gasteiger partial charge in [0.1, 0.15) is 0 Å². The highest BCUT2D eigenvalue weighted by Crippen LogP contribution is 2.27. The molecule has 2 aliphatic rings. The van der Waals surface area contributed by atoms with Gasteiger partial charge in [-0.2, -0.15) is 0 Å². The highest BCUT2D eigenvalue weighted by molar-refractivity contribution is 14.0. The molecule has 2 atom stereocenters. The van der Waals surface area contributed by atoms with Gasteiger partial charge in [0.25, 0.3) is 0 Å². The molecule has 2 N–H and O–H groups in total. The van der Waals surface area contributed by atoms with Crippen LogP contribution >= 0.6 is 35.3 Å². The fourth-order valence-corrected chi connectivity index (χ4v) is 5.37. The van der Waals surface area contributed by atoms with E-state index in [4.69, 9.17) is 4.99 Å². The topological polar surface area (TPSA) is 46.1 Å². The monoisotopic (exact) mass is 562 g/mol. The van der Waals surface area contributed by atoms with Crippen LogP contribution in [0.4, 0.5) is 0 Å². The average Bonchev–Trinajstić information content (AvgIpc) is 3.48. The molecule has 3 heterocycles. The van der Waals surface area contributed by atoms with E-state index in [0.29, 0.717) is 12.0 Å². The second-order valence-electron chi connectivity index (χ2n) is 8.71. The lowest BCUT2D eigenvalue weighted by Gasteiger charge is -2.35. The van der Waals surface area contributed by atoms with Gasteiger partial charge in [0.05, 0.1) is 6.04 Å². The Morgan fingerprint density at radius 1 is 1.06 bits per heavy atom. The minimum Gasteiger partial charge on any atom is -0.357 e. The molecule has 2 aliphatic heterocycles. The summed E-state index contributed by atoms with van der Waals surface area (Å²) in [4.78, 5) is 14.2. The summed E-state index contributed by atoms with van der Waals surface area (Å²) < 4.78 is 0. The van der Waals surface area contributed by atoms with Gasteiger partial charge in [0.2, 0.25) is 0 Å². The number of aliphatic imine (C=N–C) groups is 1. The number of piperazine rings is 1. The Morgan fingerprint density at radius 2 is 1.77 bits per heavy atom. The Kier molecular flexibility index (Phi) is 12.7. The molecule has 3 rings (SSSR count). The number of thiophene rings is 1. The van der Waals surface area contributed by atoms with Crippen molar-refractivity contribution in [2.75, 3.05) is 72.0 Å². The summed E-state index contributed by atoms with van der Waals surface area (Å²) in [6.07, 6.45) is 2.64. The minimum atomic E-state index is 0. The Hall–Kier alpha value is -0.420. The molecule has 0 saturated carbocycles. The van der Waals surface area contributed by atoms with Crippen molar-refractivity contribution < 1.29 is 0 Å². The van der Waals surface area contributed by atoms with Gasteiger partial charge in [-0.15, -0.1) is 35.3 Å². The molecule has 1 aromatic heterocycles. The second-order valence-corrected chi connectivity index (χ2v) is 9.69. The maximum Gasteiger partial charge on any atom is 0.191 e. The van der Waals surface area contributed by atoms with E-state index < -0.39 is 0 Å². The first kappa shape index (κ1) is 26.8. The molecule has 2 fully saturated rings. The van der Waals surface area contributed by atoms with Gasteiger partial charge in [-0.1, -0.05) is 19.9 Å². The summed E-state index contributed by atoms with van der Waals surface area (Å²) in [5.41, 5.74) is 0. The number of guanidine groups is 1. The second kappa shape index (κ2) is 14.7. The molecule has 2 unspecified atom stereocenters. The molecule has 0 amide bonds. The number of nitrogens with zero attached hydrogens (tertiary/aromatic N) is 4. The first-order valence-electron chi connectivity index (χ1n) is 11.9. The van der Waals surface area contributed by atoms with Crippen molar-refractivity contribution in [2.24, 2.45) is 10.9 Å². The molecule has 31 heavy (non-hydrogen) atoms. The van der Waals surface area contributed by atoms with Crippen molar-refractivity contribution in [2.45, 2.75) is 39.7 Å². The fraction of sp³-hybridized carbons (Fsp3) is 0.783. The van der Waals surface area contributed by atoms with Crippen LogP contribution in [0.1, 0.15) is 44.5 Å². The number of rotatable bonds is 10. The predicted molar refractivity (Wildman–Crippen MR) is 145 cm³/mol. The van der Waals surface area contributed by atoms with E-state index in [2.05, 4.69) is 63.6 Å². The van der Waals surface area contributed by atoms with Crippen molar-refractivity contribution in [3.63, 3.8) is 0 Å². The summed E-state index contributed by atoms with van der Waals surface area (Å²) in [7, 11) is 0. The third-order valence-electron chi connectivity index (χ3n) is 6.30. The van der Waals surface area contributed by atoms with Gasteiger partial charge in [0.15, 0.2) is 5.96 Å². The molecule has 8 heteroatoms. The molecule has 6 nitrogen and oxygen atoms in total. The zero-order valence-corrected chi connectivity index (χ0v) is 22.8. The van der Waals surface area contributed by atoms with Gasteiger partial charge in [-0.25, -0.2) is 0 Å². The van der Waals surface area contributed by atoms with Crippen molar-refractivity contribution in [3.05, 3.63) is 22.4 Å². The van der Waals surface area contributed by atoms with E-state index >= 15 is 0 Å². The van der Waals surface area contributed by atoms with E-state index in [9.17, 15) is 0 Å². The normalized spacial score (nSPS) is 20.9. The van der Waals surface area contributed by atoms with E-state index in [1.807, 2.05) is 11.3 Å². The molecule has 2 saturated heterocycles. The zero-order valence-electron chi connectivity index (χ0n) is 19.7. The third-order valence-corrected chi connectivity index (χ3v) is 7.28. The molecule has 0 aliphatic carbocycles. The highest BCUT2D eigenvalue weighted by Gasteiger charge is 2.24. The van der Waals surface area contributed by atoms with Crippen LogP contribution in [0.2, 0.25) is 0 Å². The van der Waals surface area contributed by atoms with Crippen LogP contribution in [0.5, 0.6) is 0 Å². The molecule has 1 aromatic rings. The largest absolute Gasteiger partial charge is 0.357 e. The minimum absolute atomic E-state index is 0. The smallest absolute Gasteiger partial charge is 0.191 e. The van der Waals surface area contributed by atoms with Crippen LogP contribution in [-0.2, 0) is 0 Å². The first-order valence-corrected chi connectivity index (χ1v) is 12.8. The summed E-state index contributed by atoms with van der Waals surface area (Å²) in [5, 5.41) is 9.29. The standard InChI is InChI=1S/C23H42N6S.HI/c1-4-24-23(25-17-20(3)19-28-14-12-27(5-2)13-15-28)26-18-21(22-9-8-16-30-22)29-10-6-7-11-29;/h8-9,16,20-21H,4-7,10-15,17-19H2,1-3H3,(H2,24,25,26);1H. The van der Waals surface area contributed by atoms with E-state index in [1.165, 1.54) is 63.5 Å². The van der Waals surface area contributed by atoms with Crippen LogP contribution in [0.3, 0.4) is 0 Å². The van der Waals surface area contributed by atoms with Gasteiger partial charge in [-0.05, 0) is 56.8 Å². The lowest BCUT2D eigenvalue weighted by atomic mass is 10.1. The number of nitrogens with one attached hydrogen (secondary N) is 2. The maximum absolute atomic E-state index is 4.93. The lowest BCUT2D eigenvalue weighted by Crippen LogP contribution is -2.47. The van der Waals surface area contributed by atoms with Gasteiger partial charge in [-0.3, -0.25) is 9.89 Å². The van der Waals surface area contributed by atoms with Crippen LogP contribution in [0.15, 0.2) is 22.5 Å². The molecule has 0 spiro atoms. The van der Waals surface area contributed by atoms with Crippen LogP contribution in [-0.4, -0.2) is 92.7 Å². The van der Waals surface area contributed by atoms with Gasteiger partial charge >= 0.3 is 0 Å². The maximum atomic E-state index is 4.93. The quantitative estimate of drug-likeness (QED) is 0.260. The van der Waals surface area contributed by atoms with Gasteiger partial charge in [0, 0.05) is 57.2 Å². The Balaban J connectivity index is 0.00000341. The summed E-state index contributed by atoms with van der Waals surface area (Å²) in [6, 6.07) is 4.90. The SMILES string of the molecule is CCNC(=NCC(C)CN1CCN(CC)CC1)NCC(c1cccs1)N1CCCC1.I. The zero-order chi connectivity index (χ0) is 21.2. The average molecular weight is 563 g/mol. The van der Waals surface area contributed by atoms with Crippen LogP contribution in [0.25, 0.3) is 0 Å². The number of likely N-dealkylation sites (N-methyl/N-ethyl adjacent to an activating group) is 1. The van der Waals surface area contributed by atoms with E-state index in [-0.39, 0.29) is 24.0 Å². The van der Waals surface area contributed by atoms with Crippen LogP contribution in [0, 0.1) is 5.92 Å². The third kappa shape index (κ3) is 8.79.